The summed E-state index contributed by atoms with van der Waals surface area (Å²) in [6.45, 7) is 2.84. The van der Waals surface area contributed by atoms with E-state index in [0.717, 1.165) is 11.3 Å². The first kappa shape index (κ1) is 14.8. The first-order valence-electron chi connectivity index (χ1n) is 6.65. The van der Waals surface area contributed by atoms with Crippen LogP contribution in [0.2, 0.25) is 0 Å². The number of hydrogen-bond donors (Lipinski definition) is 2. The Labute approximate surface area is 122 Å². The normalized spacial score (nSPS) is 10.2. The third-order valence-corrected chi connectivity index (χ3v) is 2.96. The first-order chi connectivity index (χ1) is 10.1. The predicted molar refractivity (Wildman–Crippen MR) is 79.9 cm³/mol. The molecular weight excluding hydrogens is 271 g/mol. The second-order valence-corrected chi connectivity index (χ2v) is 4.49. The average molecular weight is 288 g/mol. The van der Waals surface area contributed by atoms with Gasteiger partial charge in [0.2, 0.25) is 5.91 Å². The molecule has 0 aliphatic carbocycles. The molecule has 0 radical (unpaired) electrons. The van der Waals surface area contributed by atoms with Crippen molar-refractivity contribution in [3.05, 3.63) is 59.4 Å². The molecule has 0 unspecified atom stereocenters. The van der Waals surface area contributed by atoms with Crippen molar-refractivity contribution in [2.75, 3.05) is 11.9 Å². The van der Waals surface area contributed by atoms with Gasteiger partial charge in [-0.3, -0.25) is 4.79 Å². The van der Waals surface area contributed by atoms with E-state index < -0.39 is 5.91 Å². The number of nitrogens with one attached hydrogen (secondary N) is 1. The first-order valence-corrected chi connectivity index (χ1v) is 6.65. The molecule has 110 valence electrons. The van der Waals surface area contributed by atoms with E-state index in [0.29, 0.717) is 24.5 Å². The topological polar surface area (TPSA) is 64.3 Å². The Hall–Kier alpha value is -2.56. The number of benzene rings is 2. The van der Waals surface area contributed by atoms with Gasteiger partial charge in [-0.05, 0) is 36.8 Å². The SMILES string of the molecule is CCOc1cc(F)ccc1NCc1ccc(C(N)=O)cc1. The number of nitrogens with two attached hydrogens (primary N) is 1. The van der Waals surface area contributed by atoms with Gasteiger partial charge in [0, 0.05) is 18.2 Å². The van der Waals surface area contributed by atoms with Crippen molar-refractivity contribution in [1.82, 2.24) is 0 Å². The maximum Gasteiger partial charge on any atom is 0.248 e. The molecule has 0 aromatic heterocycles. The molecule has 0 fully saturated rings. The van der Waals surface area contributed by atoms with Crippen molar-refractivity contribution in [3.63, 3.8) is 0 Å². The third kappa shape index (κ3) is 3.95. The lowest BCUT2D eigenvalue weighted by Gasteiger charge is -2.12. The molecule has 0 bridgehead atoms. The summed E-state index contributed by atoms with van der Waals surface area (Å²) in [5.74, 6) is -0.312. The number of rotatable bonds is 6. The zero-order valence-electron chi connectivity index (χ0n) is 11.7. The van der Waals surface area contributed by atoms with Crippen molar-refractivity contribution in [2.24, 2.45) is 5.73 Å². The average Bonchev–Trinajstić information content (AvgIpc) is 2.47. The molecule has 4 nitrogen and oxygen atoms in total. The fourth-order valence-corrected chi connectivity index (χ4v) is 1.90. The Kier molecular flexibility index (Phi) is 4.77. The fraction of sp³-hybridized carbons (Fsp3) is 0.188. The zero-order chi connectivity index (χ0) is 15.2. The van der Waals surface area contributed by atoms with Gasteiger partial charge < -0.3 is 15.8 Å². The molecule has 2 rings (SSSR count). The largest absolute Gasteiger partial charge is 0.492 e. The van der Waals surface area contributed by atoms with Crippen LogP contribution >= 0.6 is 0 Å². The number of ether oxygens (including phenoxy) is 1. The smallest absolute Gasteiger partial charge is 0.248 e. The maximum atomic E-state index is 13.2. The van der Waals surface area contributed by atoms with E-state index in [1.54, 1.807) is 18.2 Å². The highest BCUT2D eigenvalue weighted by molar-refractivity contribution is 5.92. The second kappa shape index (κ2) is 6.74. The molecule has 0 saturated carbocycles. The van der Waals surface area contributed by atoms with Crippen LogP contribution in [0.1, 0.15) is 22.8 Å². The standard InChI is InChI=1S/C16H17FN2O2/c1-2-21-15-9-13(17)7-8-14(15)19-10-11-3-5-12(6-4-11)16(18)20/h3-9,19H,2,10H2,1H3,(H2,18,20). The minimum Gasteiger partial charge on any atom is -0.492 e. The predicted octanol–water partition coefficient (Wildman–Crippen LogP) is 2.94. The van der Waals surface area contributed by atoms with E-state index in [2.05, 4.69) is 5.32 Å². The number of halogens is 1. The van der Waals surface area contributed by atoms with Gasteiger partial charge in [0.1, 0.15) is 11.6 Å². The monoisotopic (exact) mass is 288 g/mol. The lowest BCUT2D eigenvalue weighted by Crippen LogP contribution is -2.10. The van der Waals surface area contributed by atoms with Gasteiger partial charge in [-0.15, -0.1) is 0 Å². The molecule has 1 amide bonds. The lowest BCUT2D eigenvalue weighted by molar-refractivity contribution is 0.100. The highest BCUT2D eigenvalue weighted by Crippen LogP contribution is 2.26. The molecular formula is C16H17FN2O2. The van der Waals surface area contributed by atoms with E-state index >= 15 is 0 Å². The van der Waals surface area contributed by atoms with E-state index in [-0.39, 0.29) is 5.82 Å². The van der Waals surface area contributed by atoms with Crippen LogP contribution in [0, 0.1) is 5.82 Å². The fourth-order valence-electron chi connectivity index (χ4n) is 1.90. The highest BCUT2D eigenvalue weighted by Gasteiger charge is 2.05. The summed E-state index contributed by atoms with van der Waals surface area (Å²) >= 11 is 0. The minimum absolute atomic E-state index is 0.338. The van der Waals surface area contributed by atoms with Crippen molar-refractivity contribution in [1.29, 1.82) is 0 Å². The molecule has 0 heterocycles. The van der Waals surface area contributed by atoms with Gasteiger partial charge in [-0.2, -0.15) is 0 Å². The van der Waals surface area contributed by atoms with Crippen LogP contribution in [0.5, 0.6) is 5.75 Å². The second-order valence-electron chi connectivity index (χ2n) is 4.49. The number of carbonyl (C=O) groups excluding carboxylic acids is 1. The van der Waals surface area contributed by atoms with Crippen molar-refractivity contribution in [3.8, 4) is 5.75 Å². The summed E-state index contributed by atoms with van der Waals surface area (Å²) in [6, 6.07) is 11.3. The van der Waals surface area contributed by atoms with E-state index in [9.17, 15) is 9.18 Å². The molecule has 21 heavy (non-hydrogen) atoms. The van der Waals surface area contributed by atoms with E-state index in [1.165, 1.54) is 12.1 Å². The van der Waals surface area contributed by atoms with Crippen molar-refractivity contribution < 1.29 is 13.9 Å². The Morgan fingerprint density at radius 3 is 2.57 bits per heavy atom. The van der Waals surface area contributed by atoms with Crippen LogP contribution in [0.3, 0.4) is 0 Å². The molecule has 0 saturated heterocycles. The molecule has 0 aliphatic rings. The van der Waals surface area contributed by atoms with Gasteiger partial charge in [-0.25, -0.2) is 4.39 Å². The van der Waals surface area contributed by atoms with Gasteiger partial charge in [0.25, 0.3) is 0 Å². The van der Waals surface area contributed by atoms with Gasteiger partial charge >= 0.3 is 0 Å². The van der Waals surface area contributed by atoms with Gasteiger partial charge in [-0.1, -0.05) is 12.1 Å². The highest BCUT2D eigenvalue weighted by atomic mass is 19.1. The molecule has 2 aromatic rings. The summed E-state index contributed by atoms with van der Waals surface area (Å²) in [4.78, 5) is 11.0. The Balaban J connectivity index is 2.07. The lowest BCUT2D eigenvalue weighted by atomic mass is 10.1. The zero-order valence-corrected chi connectivity index (χ0v) is 11.7. The molecule has 0 spiro atoms. The summed E-state index contributed by atoms with van der Waals surface area (Å²) in [7, 11) is 0. The van der Waals surface area contributed by atoms with Crippen LogP contribution in [-0.4, -0.2) is 12.5 Å². The summed E-state index contributed by atoms with van der Waals surface area (Å²) in [6.07, 6.45) is 0. The van der Waals surface area contributed by atoms with Crippen LogP contribution in [0.15, 0.2) is 42.5 Å². The molecule has 5 heteroatoms. The summed E-state index contributed by atoms with van der Waals surface area (Å²) in [5, 5.41) is 3.18. The number of primary amides is 1. The summed E-state index contributed by atoms with van der Waals surface area (Å²) < 4.78 is 18.6. The number of amides is 1. The van der Waals surface area contributed by atoms with E-state index in [1.807, 2.05) is 19.1 Å². The summed E-state index contributed by atoms with van der Waals surface area (Å²) in [5.41, 5.74) is 7.36. The maximum absolute atomic E-state index is 13.2. The third-order valence-electron chi connectivity index (χ3n) is 2.96. The van der Waals surface area contributed by atoms with Crippen molar-refractivity contribution >= 4 is 11.6 Å². The Morgan fingerprint density at radius 2 is 1.95 bits per heavy atom. The molecule has 3 N–H and O–H groups in total. The van der Waals surface area contributed by atoms with Gasteiger partial charge in [0.15, 0.2) is 0 Å². The Bertz CT molecular complexity index is 627. The van der Waals surface area contributed by atoms with Gasteiger partial charge in [0.05, 0.1) is 12.3 Å². The van der Waals surface area contributed by atoms with E-state index in [4.69, 9.17) is 10.5 Å². The number of anilines is 1. The number of carbonyl (C=O) groups is 1. The number of hydrogen-bond acceptors (Lipinski definition) is 3. The van der Waals surface area contributed by atoms with Crippen LogP contribution < -0.4 is 15.8 Å². The van der Waals surface area contributed by atoms with Crippen LogP contribution in [0.4, 0.5) is 10.1 Å². The molecule has 0 aliphatic heterocycles. The Morgan fingerprint density at radius 1 is 1.24 bits per heavy atom. The minimum atomic E-state index is -0.452. The van der Waals surface area contributed by atoms with Crippen molar-refractivity contribution in [2.45, 2.75) is 13.5 Å². The molecule has 0 atom stereocenters. The van der Waals surface area contributed by atoms with Crippen LogP contribution in [-0.2, 0) is 6.54 Å². The quantitative estimate of drug-likeness (QED) is 0.859. The molecule has 2 aromatic carbocycles. The van der Waals surface area contributed by atoms with Crippen LogP contribution in [0.25, 0.3) is 0 Å².